The van der Waals surface area contributed by atoms with E-state index in [0.29, 0.717) is 17.7 Å². The first kappa shape index (κ1) is 12.3. The van der Waals surface area contributed by atoms with E-state index in [1.807, 2.05) is 4.57 Å². The first-order valence-electron chi connectivity index (χ1n) is 5.24. The number of carboxylic acid groups (broad SMARTS) is 1. The average Bonchev–Trinajstić information content (AvgIpc) is 2.79. The lowest BCUT2D eigenvalue weighted by Gasteiger charge is -2.18. The van der Waals surface area contributed by atoms with E-state index in [2.05, 4.69) is 15.9 Å². The van der Waals surface area contributed by atoms with E-state index in [1.165, 1.54) is 6.20 Å². The number of rotatable bonds is 2. The molecule has 0 radical (unpaired) electrons. The summed E-state index contributed by atoms with van der Waals surface area (Å²) in [5.74, 6) is -1.21. The van der Waals surface area contributed by atoms with Crippen LogP contribution in [0, 0.1) is 6.92 Å². The fourth-order valence-electron chi connectivity index (χ4n) is 1.96. The molecular formula is C11H12BrNO4. The molecule has 0 unspecified atom stereocenters. The third kappa shape index (κ3) is 2.14. The molecule has 1 aliphatic heterocycles. The Morgan fingerprint density at radius 1 is 1.65 bits per heavy atom. The van der Waals surface area contributed by atoms with Gasteiger partial charge in [0.1, 0.15) is 5.56 Å². The summed E-state index contributed by atoms with van der Waals surface area (Å²) in [4.78, 5) is 22.7. The van der Waals surface area contributed by atoms with Gasteiger partial charge in [0.05, 0.1) is 17.1 Å². The zero-order chi connectivity index (χ0) is 12.6. The minimum absolute atomic E-state index is 0.102. The topological polar surface area (TPSA) is 68.5 Å². The lowest BCUT2D eigenvalue weighted by atomic mass is 10.2. The van der Waals surface area contributed by atoms with Gasteiger partial charge in [-0.15, -0.1) is 0 Å². The van der Waals surface area contributed by atoms with Gasteiger partial charge in [-0.3, -0.25) is 4.79 Å². The van der Waals surface area contributed by atoms with Gasteiger partial charge in [-0.05, 0) is 29.3 Å². The lowest BCUT2D eigenvalue weighted by Crippen LogP contribution is -2.23. The largest absolute Gasteiger partial charge is 0.477 e. The van der Waals surface area contributed by atoms with Gasteiger partial charge < -0.3 is 14.4 Å². The number of aromatic nitrogens is 1. The maximum atomic E-state index is 11.7. The van der Waals surface area contributed by atoms with Crippen LogP contribution in [-0.2, 0) is 4.74 Å². The average molecular weight is 302 g/mol. The summed E-state index contributed by atoms with van der Waals surface area (Å²) >= 11 is 3.16. The van der Waals surface area contributed by atoms with Gasteiger partial charge in [0.15, 0.2) is 0 Å². The molecule has 1 fully saturated rings. The van der Waals surface area contributed by atoms with Crippen LogP contribution in [0.1, 0.15) is 28.5 Å². The van der Waals surface area contributed by atoms with Crippen molar-refractivity contribution in [2.75, 3.05) is 13.2 Å². The van der Waals surface area contributed by atoms with Gasteiger partial charge in [0.2, 0.25) is 5.43 Å². The van der Waals surface area contributed by atoms with Crippen LogP contribution in [0.2, 0.25) is 0 Å². The normalized spacial score (nSPS) is 19.5. The zero-order valence-corrected chi connectivity index (χ0v) is 10.9. The molecule has 0 bridgehead atoms. The number of pyridine rings is 1. The SMILES string of the molecule is Cc1c(Br)c(=O)c(C(=O)O)cn1[C@@H]1CCOC1. The van der Waals surface area contributed by atoms with Gasteiger partial charge in [-0.25, -0.2) is 4.79 Å². The second-order valence-corrected chi connectivity index (χ2v) is 4.79. The summed E-state index contributed by atoms with van der Waals surface area (Å²) in [5.41, 5.74) is 0.0371. The van der Waals surface area contributed by atoms with Crippen LogP contribution in [0.15, 0.2) is 15.5 Å². The molecule has 2 heterocycles. The predicted molar refractivity (Wildman–Crippen MR) is 64.6 cm³/mol. The van der Waals surface area contributed by atoms with E-state index in [0.717, 1.165) is 12.1 Å². The maximum absolute atomic E-state index is 11.7. The molecule has 1 aliphatic rings. The molecule has 0 saturated carbocycles. The number of ether oxygens (including phenoxy) is 1. The van der Waals surface area contributed by atoms with Crippen molar-refractivity contribution in [3.8, 4) is 0 Å². The predicted octanol–water partition coefficient (Wildman–Crippen LogP) is 1.58. The smallest absolute Gasteiger partial charge is 0.341 e. The van der Waals surface area contributed by atoms with E-state index in [4.69, 9.17) is 9.84 Å². The molecule has 0 aliphatic carbocycles. The zero-order valence-electron chi connectivity index (χ0n) is 9.27. The molecule has 1 saturated heterocycles. The van der Waals surface area contributed by atoms with Crippen LogP contribution in [0.5, 0.6) is 0 Å². The molecule has 0 aromatic carbocycles. The Morgan fingerprint density at radius 3 is 2.88 bits per heavy atom. The number of hydrogen-bond donors (Lipinski definition) is 1. The van der Waals surface area contributed by atoms with E-state index >= 15 is 0 Å². The molecule has 92 valence electrons. The van der Waals surface area contributed by atoms with E-state index < -0.39 is 11.4 Å². The van der Waals surface area contributed by atoms with Crippen LogP contribution in [0.3, 0.4) is 0 Å². The van der Waals surface area contributed by atoms with E-state index in [1.54, 1.807) is 6.92 Å². The quantitative estimate of drug-likeness (QED) is 0.900. The van der Waals surface area contributed by atoms with Crippen LogP contribution in [0.4, 0.5) is 0 Å². The van der Waals surface area contributed by atoms with E-state index in [9.17, 15) is 9.59 Å². The van der Waals surface area contributed by atoms with Crippen molar-refractivity contribution in [3.05, 3.63) is 32.2 Å². The Morgan fingerprint density at radius 2 is 2.35 bits per heavy atom. The number of nitrogens with zero attached hydrogens (tertiary/aromatic N) is 1. The lowest BCUT2D eigenvalue weighted by molar-refractivity contribution is 0.0694. The third-order valence-electron chi connectivity index (χ3n) is 2.95. The van der Waals surface area contributed by atoms with Crippen LogP contribution in [0.25, 0.3) is 0 Å². The first-order valence-corrected chi connectivity index (χ1v) is 6.04. The van der Waals surface area contributed by atoms with Crippen molar-refractivity contribution in [1.29, 1.82) is 0 Å². The number of aromatic carboxylic acids is 1. The highest BCUT2D eigenvalue weighted by Crippen LogP contribution is 2.23. The molecule has 6 heteroatoms. The second-order valence-electron chi connectivity index (χ2n) is 4.00. The van der Waals surface area contributed by atoms with Crippen LogP contribution >= 0.6 is 15.9 Å². The number of carbonyl (C=O) groups is 1. The van der Waals surface area contributed by atoms with Crippen molar-refractivity contribution in [2.24, 2.45) is 0 Å². The van der Waals surface area contributed by atoms with Gasteiger partial charge >= 0.3 is 5.97 Å². The van der Waals surface area contributed by atoms with Crippen LogP contribution < -0.4 is 5.43 Å². The summed E-state index contributed by atoms with van der Waals surface area (Å²) < 4.78 is 7.39. The Labute approximate surface area is 106 Å². The monoisotopic (exact) mass is 301 g/mol. The molecular weight excluding hydrogens is 290 g/mol. The molecule has 1 N–H and O–H groups in total. The fourth-order valence-corrected chi connectivity index (χ4v) is 2.38. The summed E-state index contributed by atoms with van der Waals surface area (Å²) in [6.45, 7) is 3.00. The van der Waals surface area contributed by atoms with E-state index in [-0.39, 0.29) is 11.6 Å². The summed E-state index contributed by atoms with van der Waals surface area (Å²) in [5, 5.41) is 8.98. The molecule has 17 heavy (non-hydrogen) atoms. The highest BCUT2D eigenvalue weighted by Gasteiger charge is 2.22. The molecule has 0 amide bonds. The summed E-state index contributed by atoms with van der Waals surface area (Å²) in [6, 6.07) is 0.102. The summed E-state index contributed by atoms with van der Waals surface area (Å²) in [6.07, 6.45) is 2.24. The van der Waals surface area contributed by atoms with Crippen molar-refractivity contribution in [3.63, 3.8) is 0 Å². The molecule has 1 aromatic rings. The molecule has 2 rings (SSSR count). The highest BCUT2D eigenvalue weighted by atomic mass is 79.9. The Bertz CT molecular complexity index is 517. The minimum Gasteiger partial charge on any atom is -0.477 e. The van der Waals surface area contributed by atoms with Gasteiger partial charge in [-0.1, -0.05) is 0 Å². The molecule has 5 nitrogen and oxygen atoms in total. The van der Waals surface area contributed by atoms with Gasteiger partial charge in [0.25, 0.3) is 0 Å². The van der Waals surface area contributed by atoms with Gasteiger partial charge in [0, 0.05) is 18.5 Å². The minimum atomic E-state index is -1.21. The van der Waals surface area contributed by atoms with Gasteiger partial charge in [-0.2, -0.15) is 0 Å². The third-order valence-corrected chi connectivity index (χ3v) is 3.88. The molecule has 1 aromatic heterocycles. The van der Waals surface area contributed by atoms with Crippen molar-refractivity contribution < 1.29 is 14.6 Å². The van der Waals surface area contributed by atoms with Crippen molar-refractivity contribution in [1.82, 2.24) is 4.57 Å². The fraction of sp³-hybridized carbons (Fsp3) is 0.455. The Balaban J connectivity index is 2.59. The number of carboxylic acids is 1. The standard InChI is InChI=1S/C11H12BrNO4/c1-6-9(12)10(14)8(11(15)16)4-13(6)7-2-3-17-5-7/h4,7H,2-3,5H2,1H3,(H,15,16)/t7-/m1/s1. The highest BCUT2D eigenvalue weighted by molar-refractivity contribution is 9.10. The summed E-state index contributed by atoms with van der Waals surface area (Å²) in [7, 11) is 0. The first-order chi connectivity index (χ1) is 8.02. The Hall–Kier alpha value is -1.14. The molecule has 1 atom stereocenters. The van der Waals surface area contributed by atoms with Crippen molar-refractivity contribution >= 4 is 21.9 Å². The maximum Gasteiger partial charge on any atom is 0.341 e. The van der Waals surface area contributed by atoms with Crippen LogP contribution in [-0.4, -0.2) is 28.9 Å². The molecule has 0 spiro atoms. The van der Waals surface area contributed by atoms with Crippen molar-refractivity contribution in [2.45, 2.75) is 19.4 Å². The Kier molecular flexibility index (Phi) is 3.35. The second kappa shape index (κ2) is 4.62. The number of hydrogen-bond acceptors (Lipinski definition) is 3. The number of halogens is 1.